The van der Waals surface area contributed by atoms with Crippen LogP contribution >= 0.6 is 0 Å². The van der Waals surface area contributed by atoms with Gasteiger partial charge in [0.2, 0.25) is 0 Å². The molecule has 1 aromatic rings. The molecule has 2 atom stereocenters. The van der Waals surface area contributed by atoms with Crippen LogP contribution in [-0.2, 0) is 6.18 Å². The van der Waals surface area contributed by atoms with Crippen molar-refractivity contribution in [3.05, 3.63) is 29.6 Å². The number of nitrogens with zero attached hydrogens (tertiary/aromatic N) is 1. The van der Waals surface area contributed by atoms with Gasteiger partial charge in [-0.3, -0.25) is 4.98 Å². The summed E-state index contributed by atoms with van der Waals surface area (Å²) in [6, 6.07) is 1.87. The van der Waals surface area contributed by atoms with Gasteiger partial charge in [0.25, 0.3) is 0 Å². The van der Waals surface area contributed by atoms with Crippen LogP contribution in [-0.4, -0.2) is 34.9 Å². The van der Waals surface area contributed by atoms with Crippen LogP contribution in [0.4, 0.5) is 13.2 Å². The Morgan fingerprint density at radius 1 is 1.35 bits per heavy atom. The van der Waals surface area contributed by atoms with E-state index in [-0.39, 0.29) is 12.1 Å². The summed E-state index contributed by atoms with van der Waals surface area (Å²) >= 11 is 0. The van der Waals surface area contributed by atoms with E-state index in [4.69, 9.17) is 0 Å². The van der Waals surface area contributed by atoms with Gasteiger partial charge in [-0.15, -0.1) is 0 Å². The lowest BCUT2D eigenvalue weighted by molar-refractivity contribution is -0.141. The highest BCUT2D eigenvalue weighted by Crippen LogP contribution is 2.28. The maximum Gasteiger partial charge on any atom is 0.433 e. The lowest BCUT2D eigenvalue weighted by atomic mass is 10.1. The van der Waals surface area contributed by atoms with Gasteiger partial charge in [0.1, 0.15) is 11.8 Å². The van der Waals surface area contributed by atoms with Gasteiger partial charge in [0, 0.05) is 18.3 Å². The standard InChI is InChI=1S/C10H13F3N2O2/c1-14-5-7(16)9(17)6-2-3-8(15-4-6)10(11,12)13/h2-4,7,9,14,16-17H,5H2,1H3. The number of aliphatic hydroxyl groups is 2. The van der Waals surface area contributed by atoms with Crippen LogP contribution in [0.25, 0.3) is 0 Å². The molecule has 1 heterocycles. The number of likely N-dealkylation sites (N-methyl/N-ethyl adjacent to an activating group) is 1. The summed E-state index contributed by atoms with van der Waals surface area (Å²) in [6.45, 7) is 0.127. The van der Waals surface area contributed by atoms with Crippen LogP contribution in [0, 0.1) is 0 Å². The van der Waals surface area contributed by atoms with Crippen molar-refractivity contribution >= 4 is 0 Å². The first kappa shape index (κ1) is 13.9. The molecular weight excluding hydrogens is 237 g/mol. The molecule has 0 aliphatic rings. The summed E-state index contributed by atoms with van der Waals surface area (Å²) in [5.74, 6) is 0. The molecule has 7 heteroatoms. The number of nitrogens with one attached hydrogen (secondary N) is 1. The lowest BCUT2D eigenvalue weighted by Crippen LogP contribution is -2.29. The topological polar surface area (TPSA) is 65.4 Å². The van der Waals surface area contributed by atoms with Crippen molar-refractivity contribution in [2.75, 3.05) is 13.6 Å². The number of halogens is 3. The normalized spacial score (nSPS) is 15.6. The first-order chi connectivity index (χ1) is 7.86. The molecule has 0 bridgehead atoms. The van der Waals surface area contributed by atoms with Crippen LogP contribution in [0.5, 0.6) is 0 Å². The summed E-state index contributed by atoms with van der Waals surface area (Å²) in [5, 5.41) is 21.7. The average Bonchev–Trinajstić information content (AvgIpc) is 2.27. The second kappa shape index (κ2) is 5.44. The number of rotatable bonds is 4. The average molecular weight is 250 g/mol. The molecule has 0 aliphatic carbocycles. The zero-order chi connectivity index (χ0) is 13.1. The molecule has 0 saturated heterocycles. The van der Waals surface area contributed by atoms with Gasteiger partial charge < -0.3 is 15.5 Å². The number of aromatic nitrogens is 1. The SMILES string of the molecule is CNCC(O)C(O)c1ccc(C(F)(F)F)nc1. The van der Waals surface area contributed by atoms with E-state index in [0.717, 1.165) is 18.3 Å². The smallest absolute Gasteiger partial charge is 0.389 e. The van der Waals surface area contributed by atoms with E-state index in [1.165, 1.54) is 0 Å². The summed E-state index contributed by atoms with van der Waals surface area (Å²) < 4.78 is 36.6. The molecule has 17 heavy (non-hydrogen) atoms. The van der Waals surface area contributed by atoms with E-state index in [2.05, 4.69) is 10.3 Å². The molecule has 1 aromatic heterocycles. The molecular formula is C10H13F3N2O2. The number of pyridine rings is 1. The third kappa shape index (κ3) is 3.65. The van der Waals surface area contributed by atoms with Crippen molar-refractivity contribution in [1.29, 1.82) is 0 Å². The Morgan fingerprint density at radius 3 is 2.41 bits per heavy atom. The van der Waals surface area contributed by atoms with Crippen LogP contribution in [0.15, 0.2) is 18.3 Å². The third-order valence-electron chi connectivity index (χ3n) is 2.20. The molecule has 4 nitrogen and oxygen atoms in total. The third-order valence-corrected chi connectivity index (χ3v) is 2.20. The van der Waals surface area contributed by atoms with Crippen molar-refractivity contribution in [2.45, 2.75) is 18.4 Å². The molecule has 0 fully saturated rings. The van der Waals surface area contributed by atoms with Crippen LogP contribution < -0.4 is 5.32 Å². The fourth-order valence-electron chi connectivity index (χ4n) is 1.29. The predicted molar refractivity (Wildman–Crippen MR) is 54.1 cm³/mol. The van der Waals surface area contributed by atoms with Gasteiger partial charge in [-0.25, -0.2) is 0 Å². The maximum absolute atomic E-state index is 12.2. The maximum atomic E-state index is 12.2. The molecule has 3 N–H and O–H groups in total. The van der Waals surface area contributed by atoms with E-state index < -0.39 is 24.1 Å². The Kier molecular flexibility index (Phi) is 4.44. The number of alkyl halides is 3. The second-order valence-electron chi connectivity index (χ2n) is 3.54. The van der Waals surface area contributed by atoms with E-state index in [9.17, 15) is 23.4 Å². The summed E-state index contributed by atoms with van der Waals surface area (Å²) in [5.41, 5.74) is -0.891. The molecule has 0 aliphatic heterocycles. The van der Waals surface area contributed by atoms with Gasteiger partial charge in [-0.05, 0) is 13.1 Å². The first-order valence-electron chi connectivity index (χ1n) is 4.90. The summed E-state index contributed by atoms with van der Waals surface area (Å²) in [7, 11) is 1.58. The van der Waals surface area contributed by atoms with Crippen molar-refractivity contribution in [2.24, 2.45) is 0 Å². The molecule has 0 aromatic carbocycles. The monoisotopic (exact) mass is 250 g/mol. The highest BCUT2D eigenvalue weighted by molar-refractivity contribution is 5.19. The van der Waals surface area contributed by atoms with Gasteiger partial charge in [-0.2, -0.15) is 13.2 Å². The van der Waals surface area contributed by atoms with E-state index in [1.807, 2.05) is 0 Å². The minimum Gasteiger partial charge on any atom is -0.389 e. The fraction of sp³-hybridized carbons (Fsp3) is 0.500. The van der Waals surface area contributed by atoms with Crippen molar-refractivity contribution in [1.82, 2.24) is 10.3 Å². The molecule has 1 rings (SSSR count). The van der Waals surface area contributed by atoms with E-state index in [0.29, 0.717) is 0 Å². The Bertz CT molecular complexity index is 354. The second-order valence-corrected chi connectivity index (χ2v) is 3.54. The largest absolute Gasteiger partial charge is 0.433 e. The minimum atomic E-state index is -4.51. The molecule has 2 unspecified atom stereocenters. The van der Waals surface area contributed by atoms with Crippen LogP contribution in [0.2, 0.25) is 0 Å². The Balaban J connectivity index is 2.80. The Morgan fingerprint density at radius 2 is 2.00 bits per heavy atom. The predicted octanol–water partition coefficient (Wildman–Crippen LogP) is 0.714. The highest BCUT2D eigenvalue weighted by Gasteiger charge is 2.32. The lowest BCUT2D eigenvalue weighted by Gasteiger charge is -2.17. The van der Waals surface area contributed by atoms with Crippen molar-refractivity contribution in [3.63, 3.8) is 0 Å². The Hall–Kier alpha value is -1.18. The highest BCUT2D eigenvalue weighted by atomic mass is 19.4. The molecule has 0 spiro atoms. The minimum absolute atomic E-state index is 0.127. The van der Waals surface area contributed by atoms with Crippen LogP contribution in [0.1, 0.15) is 17.4 Å². The number of hydrogen-bond donors (Lipinski definition) is 3. The molecule has 0 saturated carbocycles. The zero-order valence-electron chi connectivity index (χ0n) is 9.07. The van der Waals surface area contributed by atoms with Gasteiger partial charge >= 0.3 is 6.18 Å². The van der Waals surface area contributed by atoms with Crippen molar-refractivity contribution < 1.29 is 23.4 Å². The fourth-order valence-corrected chi connectivity index (χ4v) is 1.29. The van der Waals surface area contributed by atoms with Crippen molar-refractivity contribution in [3.8, 4) is 0 Å². The van der Waals surface area contributed by atoms with Crippen LogP contribution in [0.3, 0.4) is 0 Å². The summed E-state index contributed by atoms with van der Waals surface area (Å²) in [6.07, 6.45) is -5.96. The molecule has 96 valence electrons. The molecule has 0 amide bonds. The van der Waals surface area contributed by atoms with E-state index in [1.54, 1.807) is 7.05 Å². The zero-order valence-corrected chi connectivity index (χ0v) is 9.07. The summed E-state index contributed by atoms with van der Waals surface area (Å²) in [4.78, 5) is 3.20. The van der Waals surface area contributed by atoms with Gasteiger partial charge in [0.05, 0.1) is 6.10 Å². The molecule has 0 radical (unpaired) electrons. The number of hydrogen-bond acceptors (Lipinski definition) is 4. The number of aliphatic hydroxyl groups excluding tert-OH is 2. The van der Waals surface area contributed by atoms with E-state index >= 15 is 0 Å². The van der Waals surface area contributed by atoms with Gasteiger partial charge in [-0.1, -0.05) is 6.07 Å². The first-order valence-corrected chi connectivity index (χ1v) is 4.90. The quantitative estimate of drug-likeness (QED) is 0.736. The Labute approximate surface area is 96.1 Å². The van der Waals surface area contributed by atoms with Gasteiger partial charge in [0.15, 0.2) is 0 Å².